The van der Waals surface area contributed by atoms with Crippen molar-refractivity contribution in [2.75, 3.05) is 0 Å². The van der Waals surface area contributed by atoms with Crippen molar-refractivity contribution in [3.05, 3.63) is 58.1 Å². The molecule has 0 radical (unpaired) electrons. The van der Waals surface area contributed by atoms with E-state index in [1.807, 2.05) is 30.3 Å². The van der Waals surface area contributed by atoms with E-state index in [2.05, 4.69) is 17.6 Å². The van der Waals surface area contributed by atoms with E-state index in [0.29, 0.717) is 10.0 Å². The van der Waals surface area contributed by atoms with E-state index in [0.717, 1.165) is 16.1 Å². The molecule has 4 heteroatoms. The van der Waals surface area contributed by atoms with Gasteiger partial charge in [-0.25, -0.2) is 0 Å². The van der Waals surface area contributed by atoms with Gasteiger partial charge in [0.1, 0.15) is 0 Å². The lowest BCUT2D eigenvalue weighted by atomic mass is 10.2. The summed E-state index contributed by atoms with van der Waals surface area (Å²) < 4.78 is 0. The second kappa shape index (κ2) is 5.58. The van der Waals surface area contributed by atoms with Crippen molar-refractivity contribution in [3.8, 4) is 0 Å². The molecule has 2 aromatic rings. The number of benzene rings is 2. The van der Waals surface area contributed by atoms with Crippen molar-refractivity contribution in [3.63, 3.8) is 0 Å². The standard InChI is InChI=1S/C13H9Cl2NS/c14-10-6-5-9(11(15)7-10)8-16-12-3-1-2-4-13(12)17/h1-8,17H. The Morgan fingerprint density at radius 1 is 1.06 bits per heavy atom. The highest BCUT2D eigenvalue weighted by molar-refractivity contribution is 7.80. The van der Waals surface area contributed by atoms with E-state index in [1.54, 1.807) is 18.3 Å². The molecule has 0 N–H and O–H groups in total. The molecule has 0 aliphatic carbocycles. The molecular formula is C13H9Cl2NS. The lowest BCUT2D eigenvalue weighted by Crippen LogP contribution is -1.82. The first-order valence-electron chi connectivity index (χ1n) is 4.94. The molecule has 0 aromatic heterocycles. The van der Waals surface area contributed by atoms with Gasteiger partial charge in [-0.15, -0.1) is 12.6 Å². The average molecular weight is 282 g/mol. The van der Waals surface area contributed by atoms with Crippen LogP contribution in [0.25, 0.3) is 0 Å². The fourth-order valence-electron chi connectivity index (χ4n) is 1.32. The van der Waals surface area contributed by atoms with Crippen LogP contribution in [0.5, 0.6) is 0 Å². The van der Waals surface area contributed by atoms with Crippen LogP contribution in [0.15, 0.2) is 52.4 Å². The van der Waals surface area contributed by atoms with E-state index in [1.165, 1.54) is 0 Å². The summed E-state index contributed by atoms with van der Waals surface area (Å²) in [6, 6.07) is 12.9. The molecule has 0 aliphatic heterocycles. The van der Waals surface area contributed by atoms with Crippen LogP contribution < -0.4 is 0 Å². The fourth-order valence-corrected chi connectivity index (χ4v) is 1.99. The highest BCUT2D eigenvalue weighted by atomic mass is 35.5. The smallest absolute Gasteiger partial charge is 0.0763 e. The van der Waals surface area contributed by atoms with Crippen molar-refractivity contribution in [2.45, 2.75) is 4.90 Å². The van der Waals surface area contributed by atoms with Gasteiger partial charge in [0.15, 0.2) is 0 Å². The topological polar surface area (TPSA) is 12.4 Å². The van der Waals surface area contributed by atoms with E-state index in [9.17, 15) is 0 Å². The molecule has 0 amide bonds. The predicted molar refractivity (Wildman–Crippen MR) is 77.4 cm³/mol. The third kappa shape index (κ3) is 3.25. The number of thiol groups is 1. The Balaban J connectivity index is 2.29. The van der Waals surface area contributed by atoms with Crippen LogP contribution in [0.3, 0.4) is 0 Å². The Morgan fingerprint density at radius 2 is 1.82 bits per heavy atom. The number of halogens is 2. The highest BCUT2D eigenvalue weighted by Crippen LogP contribution is 2.23. The van der Waals surface area contributed by atoms with E-state index >= 15 is 0 Å². The normalized spacial score (nSPS) is 11.0. The zero-order valence-corrected chi connectivity index (χ0v) is 11.2. The molecule has 0 bridgehead atoms. The molecule has 2 rings (SSSR count). The van der Waals surface area contributed by atoms with Crippen LogP contribution in [-0.4, -0.2) is 6.21 Å². The maximum Gasteiger partial charge on any atom is 0.0763 e. The van der Waals surface area contributed by atoms with Crippen molar-refractivity contribution in [1.29, 1.82) is 0 Å². The number of rotatable bonds is 2. The average Bonchev–Trinajstić information content (AvgIpc) is 2.30. The van der Waals surface area contributed by atoms with Crippen LogP contribution in [0.4, 0.5) is 5.69 Å². The molecule has 0 heterocycles. The first kappa shape index (κ1) is 12.5. The largest absolute Gasteiger partial charge is 0.255 e. The maximum atomic E-state index is 6.04. The predicted octanol–water partition coefficient (Wildman–Crippen LogP) is 5.03. The van der Waals surface area contributed by atoms with Crippen LogP contribution >= 0.6 is 35.8 Å². The van der Waals surface area contributed by atoms with Gasteiger partial charge in [-0.1, -0.05) is 41.4 Å². The minimum Gasteiger partial charge on any atom is -0.255 e. The first-order valence-corrected chi connectivity index (χ1v) is 6.14. The first-order chi connectivity index (χ1) is 8.16. The molecule has 17 heavy (non-hydrogen) atoms. The van der Waals surface area contributed by atoms with Gasteiger partial charge >= 0.3 is 0 Å². The van der Waals surface area contributed by atoms with Crippen LogP contribution in [0.2, 0.25) is 10.0 Å². The van der Waals surface area contributed by atoms with Crippen LogP contribution in [0.1, 0.15) is 5.56 Å². The van der Waals surface area contributed by atoms with Gasteiger partial charge in [0, 0.05) is 21.7 Å². The highest BCUT2D eigenvalue weighted by Gasteiger charge is 1.99. The monoisotopic (exact) mass is 281 g/mol. The summed E-state index contributed by atoms with van der Waals surface area (Å²) in [4.78, 5) is 5.17. The minimum absolute atomic E-state index is 0.581. The Kier molecular flexibility index (Phi) is 4.11. The number of nitrogens with zero attached hydrogens (tertiary/aromatic N) is 1. The number of hydrogen-bond acceptors (Lipinski definition) is 2. The van der Waals surface area contributed by atoms with Gasteiger partial charge < -0.3 is 0 Å². The summed E-state index contributed by atoms with van der Waals surface area (Å²) in [7, 11) is 0. The third-order valence-corrected chi connectivity index (χ3v) is 3.13. The summed E-state index contributed by atoms with van der Waals surface area (Å²) in [5.74, 6) is 0. The third-order valence-electron chi connectivity index (χ3n) is 2.19. The Labute approximate surface area is 116 Å². The minimum atomic E-state index is 0.581. The molecular weight excluding hydrogens is 273 g/mol. The van der Waals surface area contributed by atoms with E-state index in [-0.39, 0.29) is 0 Å². The van der Waals surface area contributed by atoms with Gasteiger partial charge in [-0.2, -0.15) is 0 Å². The molecule has 0 fully saturated rings. The molecule has 0 unspecified atom stereocenters. The summed E-state index contributed by atoms with van der Waals surface area (Å²) >= 11 is 16.2. The lowest BCUT2D eigenvalue weighted by Gasteiger charge is -2.00. The summed E-state index contributed by atoms with van der Waals surface area (Å²) in [6.45, 7) is 0. The van der Waals surface area contributed by atoms with Gasteiger partial charge in [-0.3, -0.25) is 4.99 Å². The second-order valence-electron chi connectivity index (χ2n) is 3.41. The van der Waals surface area contributed by atoms with Crippen molar-refractivity contribution in [2.24, 2.45) is 4.99 Å². The Bertz CT molecular complexity index is 567. The molecule has 2 aromatic carbocycles. The Morgan fingerprint density at radius 3 is 2.53 bits per heavy atom. The van der Waals surface area contributed by atoms with E-state index < -0.39 is 0 Å². The molecule has 1 nitrogen and oxygen atoms in total. The van der Waals surface area contributed by atoms with Gasteiger partial charge in [0.25, 0.3) is 0 Å². The molecule has 0 saturated carbocycles. The summed E-state index contributed by atoms with van der Waals surface area (Å²) in [6.07, 6.45) is 1.70. The quantitative estimate of drug-likeness (QED) is 0.585. The van der Waals surface area contributed by atoms with E-state index in [4.69, 9.17) is 23.2 Å². The van der Waals surface area contributed by atoms with Crippen LogP contribution in [-0.2, 0) is 0 Å². The fraction of sp³-hybridized carbons (Fsp3) is 0. The lowest BCUT2D eigenvalue weighted by molar-refractivity contribution is 1.39. The summed E-state index contributed by atoms with van der Waals surface area (Å²) in [5.41, 5.74) is 1.63. The number of hydrogen-bond donors (Lipinski definition) is 1. The van der Waals surface area contributed by atoms with Crippen molar-refractivity contribution in [1.82, 2.24) is 0 Å². The molecule has 0 atom stereocenters. The zero-order chi connectivity index (χ0) is 12.3. The van der Waals surface area contributed by atoms with Crippen molar-refractivity contribution < 1.29 is 0 Å². The molecule has 0 aliphatic rings. The molecule has 86 valence electrons. The maximum absolute atomic E-state index is 6.04. The van der Waals surface area contributed by atoms with Crippen LogP contribution in [0, 0.1) is 0 Å². The SMILES string of the molecule is Sc1ccccc1N=Cc1ccc(Cl)cc1Cl. The zero-order valence-electron chi connectivity index (χ0n) is 8.77. The van der Waals surface area contributed by atoms with Gasteiger partial charge in [0.05, 0.1) is 10.7 Å². The molecule has 0 spiro atoms. The number of aliphatic imine (C=N–C) groups is 1. The summed E-state index contributed by atoms with van der Waals surface area (Å²) in [5, 5.41) is 1.19. The number of para-hydroxylation sites is 1. The molecule has 0 saturated heterocycles. The second-order valence-corrected chi connectivity index (χ2v) is 4.74. The van der Waals surface area contributed by atoms with Gasteiger partial charge in [-0.05, 0) is 24.3 Å². The Hall–Kier alpha value is -0.960. The van der Waals surface area contributed by atoms with Crippen molar-refractivity contribution >= 4 is 47.7 Å². The van der Waals surface area contributed by atoms with Gasteiger partial charge in [0.2, 0.25) is 0 Å².